The molecule has 0 bridgehead atoms. The van der Waals surface area contributed by atoms with E-state index in [1.807, 2.05) is 0 Å². The molecule has 0 spiro atoms. The van der Waals surface area contributed by atoms with E-state index in [4.69, 9.17) is 15.6 Å². The Kier molecular flexibility index (Phi) is 5.49. The van der Waals surface area contributed by atoms with E-state index in [9.17, 15) is 13.2 Å². The van der Waals surface area contributed by atoms with Gasteiger partial charge in [0, 0.05) is 32.2 Å². The number of nitrogens with two attached hydrogens (primary N) is 1. The fourth-order valence-electron chi connectivity index (χ4n) is 2.71. The zero-order valence-corrected chi connectivity index (χ0v) is 15.9. The number of nitrogens with zero attached hydrogens (tertiary/aromatic N) is 4. The van der Waals surface area contributed by atoms with E-state index in [0.29, 0.717) is 37.4 Å². The van der Waals surface area contributed by atoms with Crippen LogP contribution in [0.15, 0.2) is 29.7 Å². The van der Waals surface area contributed by atoms with Gasteiger partial charge in [0.1, 0.15) is 18.1 Å². The number of aromatic nitrogens is 3. The van der Waals surface area contributed by atoms with Gasteiger partial charge in [-0.15, -0.1) is 0 Å². The molecule has 1 saturated heterocycles. The van der Waals surface area contributed by atoms with E-state index in [0.717, 1.165) is 6.26 Å². The van der Waals surface area contributed by atoms with Gasteiger partial charge in [0.05, 0.1) is 11.9 Å². The number of pyridine rings is 1. The standard InChI is InChI=1S/C16H20N6O5S/c1-28(25,26)12-3-2-10(8-18-12)21-14-13(17)15(20-9-19-14)27-11-4-6-22(7-5-11)16(23)24/h2-3,8-9,11H,4-7,17H2,1H3,(H,23,24)(H,19,20,21). The topological polar surface area (TPSA) is 161 Å². The summed E-state index contributed by atoms with van der Waals surface area (Å²) in [6.07, 6.45) is 3.66. The number of hydrogen-bond donors (Lipinski definition) is 3. The highest BCUT2D eigenvalue weighted by Gasteiger charge is 2.24. The Morgan fingerprint density at radius 3 is 2.57 bits per heavy atom. The minimum atomic E-state index is -3.38. The Balaban J connectivity index is 1.69. The molecular formula is C16H20N6O5S. The van der Waals surface area contributed by atoms with Gasteiger partial charge in [-0.25, -0.2) is 23.2 Å². The van der Waals surface area contributed by atoms with Crippen molar-refractivity contribution < 1.29 is 23.1 Å². The van der Waals surface area contributed by atoms with Gasteiger partial charge in [-0.3, -0.25) is 0 Å². The van der Waals surface area contributed by atoms with Gasteiger partial charge in [0.2, 0.25) is 5.88 Å². The molecule has 1 amide bonds. The number of sulfone groups is 1. The van der Waals surface area contributed by atoms with Crippen LogP contribution in [0.3, 0.4) is 0 Å². The van der Waals surface area contributed by atoms with Crippen molar-refractivity contribution in [3.63, 3.8) is 0 Å². The first-order valence-electron chi connectivity index (χ1n) is 8.42. The molecule has 2 aromatic heterocycles. The van der Waals surface area contributed by atoms with Crippen molar-refractivity contribution in [3.05, 3.63) is 24.7 Å². The lowest BCUT2D eigenvalue weighted by Gasteiger charge is -2.30. The van der Waals surface area contributed by atoms with Crippen LogP contribution in [0, 0.1) is 0 Å². The number of rotatable bonds is 5. The number of nitrogens with one attached hydrogen (secondary N) is 1. The van der Waals surface area contributed by atoms with Crippen LogP contribution in [-0.2, 0) is 9.84 Å². The van der Waals surface area contributed by atoms with Gasteiger partial charge in [0.25, 0.3) is 0 Å². The van der Waals surface area contributed by atoms with E-state index >= 15 is 0 Å². The molecule has 1 fully saturated rings. The lowest BCUT2D eigenvalue weighted by atomic mass is 10.1. The van der Waals surface area contributed by atoms with E-state index < -0.39 is 15.9 Å². The van der Waals surface area contributed by atoms with Crippen LogP contribution in [-0.4, -0.2) is 64.9 Å². The Hall–Kier alpha value is -3.15. The quantitative estimate of drug-likeness (QED) is 0.654. The third kappa shape index (κ3) is 4.57. The third-order valence-electron chi connectivity index (χ3n) is 4.22. The number of nitrogen functional groups attached to an aromatic ring is 1. The monoisotopic (exact) mass is 408 g/mol. The van der Waals surface area contributed by atoms with Gasteiger partial charge >= 0.3 is 6.09 Å². The van der Waals surface area contributed by atoms with Gasteiger partial charge < -0.3 is 25.8 Å². The largest absolute Gasteiger partial charge is 0.473 e. The van der Waals surface area contributed by atoms with Crippen molar-refractivity contribution in [2.45, 2.75) is 24.0 Å². The highest BCUT2D eigenvalue weighted by Crippen LogP contribution is 2.29. The van der Waals surface area contributed by atoms with Crippen molar-refractivity contribution in [1.29, 1.82) is 0 Å². The molecule has 1 aliphatic rings. The van der Waals surface area contributed by atoms with Crippen LogP contribution >= 0.6 is 0 Å². The molecule has 0 aromatic carbocycles. The normalized spacial score (nSPS) is 15.2. The Morgan fingerprint density at radius 1 is 1.29 bits per heavy atom. The minimum absolute atomic E-state index is 0.0366. The third-order valence-corrected chi connectivity index (χ3v) is 5.22. The molecule has 0 saturated carbocycles. The summed E-state index contributed by atoms with van der Waals surface area (Å²) in [5.41, 5.74) is 6.78. The molecule has 0 unspecified atom stereocenters. The number of hydrogen-bond acceptors (Lipinski definition) is 9. The summed E-state index contributed by atoms with van der Waals surface area (Å²) >= 11 is 0. The van der Waals surface area contributed by atoms with Crippen LogP contribution in [0.5, 0.6) is 5.88 Å². The molecule has 3 heterocycles. The molecule has 28 heavy (non-hydrogen) atoms. The van der Waals surface area contributed by atoms with Crippen LogP contribution in [0.2, 0.25) is 0 Å². The van der Waals surface area contributed by atoms with Crippen LogP contribution in [0.1, 0.15) is 12.8 Å². The fourth-order valence-corrected chi connectivity index (χ4v) is 3.27. The van der Waals surface area contributed by atoms with Crippen molar-refractivity contribution in [2.24, 2.45) is 0 Å². The Labute approximate surface area is 161 Å². The zero-order valence-electron chi connectivity index (χ0n) is 15.1. The average Bonchev–Trinajstić information content (AvgIpc) is 2.65. The van der Waals surface area contributed by atoms with Gasteiger partial charge in [-0.05, 0) is 12.1 Å². The maximum absolute atomic E-state index is 11.5. The summed E-state index contributed by atoms with van der Waals surface area (Å²) in [7, 11) is -3.38. The highest BCUT2D eigenvalue weighted by atomic mass is 32.2. The first-order chi connectivity index (χ1) is 13.2. The van der Waals surface area contributed by atoms with E-state index in [-0.39, 0.29) is 22.7 Å². The van der Waals surface area contributed by atoms with Crippen molar-refractivity contribution in [1.82, 2.24) is 19.9 Å². The Morgan fingerprint density at radius 2 is 2.00 bits per heavy atom. The predicted molar refractivity (Wildman–Crippen MR) is 100 cm³/mol. The number of carboxylic acid groups (broad SMARTS) is 1. The second-order valence-electron chi connectivity index (χ2n) is 6.31. The number of likely N-dealkylation sites (tertiary alicyclic amines) is 1. The highest BCUT2D eigenvalue weighted by molar-refractivity contribution is 7.90. The molecule has 2 aromatic rings. The number of anilines is 3. The number of carbonyl (C=O) groups is 1. The van der Waals surface area contributed by atoms with Crippen molar-refractivity contribution in [3.8, 4) is 5.88 Å². The predicted octanol–water partition coefficient (Wildman–Crippen LogP) is 1.12. The number of ether oxygens (including phenoxy) is 1. The molecule has 3 rings (SSSR count). The van der Waals surface area contributed by atoms with Crippen molar-refractivity contribution in [2.75, 3.05) is 30.4 Å². The molecule has 12 heteroatoms. The second-order valence-corrected chi connectivity index (χ2v) is 8.27. The summed E-state index contributed by atoms with van der Waals surface area (Å²) in [4.78, 5) is 24.3. The molecule has 4 N–H and O–H groups in total. The van der Waals surface area contributed by atoms with E-state index in [2.05, 4.69) is 20.3 Å². The SMILES string of the molecule is CS(=O)(=O)c1ccc(Nc2ncnc(OC3CCN(C(=O)O)CC3)c2N)cn1. The van der Waals surface area contributed by atoms with Gasteiger partial charge in [-0.1, -0.05) is 0 Å². The molecule has 0 atom stereocenters. The smallest absolute Gasteiger partial charge is 0.407 e. The molecule has 0 aliphatic carbocycles. The summed E-state index contributed by atoms with van der Waals surface area (Å²) in [6.45, 7) is 0.767. The summed E-state index contributed by atoms with van der Waals surface area (Å²) in [5.74, 6) is 0.494. The van der Waals surface area contributed by atoms with Crippen LogP contribution in [0.25, 0.3) is 0 Å². The van der Waals surface area contributed by atoms with Crippen LogP contribution in [0.4, 0.5) is 22.0 Å². The van der Waals surface area contributed by atoms with Crippen LogP contribution < -0.4 is 15.8 Å². The Bertz CT molecular complexity index is 958. The maximum atomic E-state index is 11.5. The molecule has 11 nitrogen and oxygen atoms in total. The molecular weight excluding hydrogens is 388 g/mol. The first kappa shape index (κ1) is 19.6. The number of amides is 1. The lowest BCUT2D eigenvalue weighted by Crippen LogP contribution is -2.41. The maximum Gasteiger partial charge on any atom is 0.407 e. The number of piperidine rings is 1. The van der Waals surface area contributed by atoms with Gasteiger partial charge in [0.15, 0.2) is 20.7 Å². The molecule has 150 valence electrons. The van der Waals surface area contributed by atoms with E-state index in [1.54, 1.807) is 6.07 Å². The summed E-state index contributed by atoms with van der Waals surface area (Å²) < 4.78 is 28.8. The fraction of sp³-hybridized carbons (Fsp3) is 0.375. The molecule has 1 aliphatic heterocycles. The second kappa shape index (κ2) is 7.84. The lowest BCUT2D eigenvalue weighted by molar-refractivity contribution is 0.0875. The first-order valence-corrected chi connectivity index (χ1v) is 10.3. The summed E-state index contributed by atoms with van der Waals surface area (Å²) in [5, 5.41) is 11.9. The van der Waals surface area contributed by atoms with Crippen molar-refractivity contribution >= 4 is 33.1 Å². The minimum Gasteiger partial charge on any atom is -0.473 e. The van der Waals surface area contributed by atoms with Gasteiger partial charge in [-0.2, -0.15) is 4.98 Å². The zero-order chi connectivity index (χ0) is 20.3. The summed E-state index contributed by atoms with van der Waals surface area (Å²) in [6, 6.07) is 2.93. The van der Waals surface area contributed by atoms with E-state index in [1.165, 1.54) is 23.5 Å². The average molecular weight is 408 g/mol. The molecule has 0 radical (unpaired) electrons.